The third-order valence-corrected chi connectivity index (χ3v) is 3.25. The molecule has 0 atom stereocenters. The van der Waals surface area contributed by atoms with Crippen LogP contribution in [-0.2, 0) is 17.9 Å². The molecule has 0 aliphatic rings. The number of hydrogen-bond acceptors (Lipinski definition) is 5. The minimum Gasteiger partial charge on any atom is -0.353 e. The van der Waals surface area contributed by atoms with E-state index in [9.17, 15) is 14.9 Å². The number of amides is 1. The molecule has 0 aliphatic carbocycles. The van der Waals surface area contributed by atoms with Gasteiger partial charge in [-0.25, -0.2) is 0 Å². The quantitative estimate of drug-likeness (QED) is 0.625. The molecule has 0 aliphatic heterocycles. The van der Waals surface area contributed by atoms with Gasteiger partial charge in [-0.1, -0.05) is 0 Å². The fraction of sp³-hybridized carbons (Fsp3) is 0.462. The Hall–Kier alpha value is -2.71. The van der Waals surface area contributed by atoms with Gasteiger partial charge in [-0.05, 0) is 26.8 Å². The van der Waals surface area contributed by atoms with Gasteiger partial charge in [-0.15, -0.1) is 0 Å². The molecule has 2 aromatic heterocycles. The van der Waals surface area contributed by atoms with Gasteiger partial charge < -0.3 is 5.32 Å². The van der Waals surface area contributed by atoms with Crippen molar-refractivity contribution < 1.29 is 9.72 Å². The molecule has 0 saturated carbocycles. The first-order chi connectivity index (χ1) is 10.4. The van der Waals surface area contributed by atoms with Gasteiger partial charge in [0.1, 0.15) is 17.9 Å². The standard InChI is InChI=1S/C13H18N6O3/c1-9-4-6-17(15-9)8-12(20)14-5-7-18-11(3)13(19(21)22)10(2)16-18/h4,6H,5,7-8H2,1-3H3,(H,14,20). The number of nitrogens with one attached hydrogen (secondary N) is 1. The molecule has 9 heteroatoms. The van der Waals surface area contributed by atoms with Crippen LogP contribution in [0, 0.1) is 30.9 Å². The summed E-state index contributed by atoms with van der Waals surface area (Å²) >= 11 is 0. The zero-order valence-electron chi connectivity index (χ0n) is 12.7. The summed E-state index contributed by atoms with van der Waals surface area (Å²) in [5.41, 5.74) is 1.74. The molecule has 2 heterocycles. The summed E-state index contributed by atoms with van der Waals surface area (Å²) in [7, 11) is 0. The summed E-state index contributed by atoms with van der Waals surface area (Å²) in [4.78, 5) is 22.2. The van der Waals surface area contributed by atoms with E-state index in [1.807, 2.05) is 13.0 Å². The van der Waals surface area contributed by atoms with Crippen molar-refractivity contribution in [1.82, 2.24) is 24.9 Å². The van der Waals surface area contributed by atoms with E-state index in [0.717, 1.165) is 5.69 Å². The first-order valence-electron chi connectivity index (χ1n) is 6.83. The molecule has 0 radical (unpaired) electrons. The van der Waals surface area contributed by atoms with Gasteiger partial charge in [0, 0.05) is 12.7 Å². The van der Waals surface area contributed by atoms with Crippen molar-refractivity contribution in [2.24, 2.45) is 0 Å². The molecule has 2 aromatic rings. The third-order valence-electron chi connectivity index (χ3n) is 3.25. The van der Waals surface area contributed by atoms with Crippen LogP contribution >= 0.6 is 0 Å². The van der Waals surface area contributed by atoms with E-state index >= 15 is 0 Å². The topological polar surface area (TPSA) is 108 Å². The lowest BCUT2D eigenvalue weighted by Gasteiger charge is -2.06. The van der Waals surface area contributed by atoms with Crippen LogP contribution in [0.25, 0.3) is 0 Å². The van der Waals surface area contributed by atoms with Crippen LogP contribution in [0.3, 0.4) is 0 Å². The second-order valence-electron chi connectivity index (χ2n) is 5.00. The van der Waals surface area contributed by atoms with Crippen LogP contribution in [0.2, 0.25) is 0 Å². The third kappa shape index (κ3) is 3.48. The zero-order chi connectivity index (χ0) is 16.3. The normalized spacial score (nSPS) is 10.7. The van der Waals surface area contributed by atoms with E-state index in [1.54, 1.807) is 24.7 Å². The van der Waals surface area contributed by atoms with Crippen molar-refractivity contribution in [1.29, 1.82) is 0 Å². The van der Waals surface area contributed by atoms with E-state index in [-0.39, 0.29) is 18.1 Å². The zero-order valence-corrected chi connectivity index (χ0v) is 12.7. The van der Waals surface area contributed by atoms with Crippen LogP contribution in [-0.4, -0.2) is 36.9 Å². The Morgan fingerprint density at radius 3 is 2.64 bits per heavy atom. The van der Waals surface area contributed by atoms with Crippen molar-refractivity contribution >= 4 is 11.6 Å². The smallest absolute Gasteiger partial charge is 0.312 e. The fourth-order valence-corrected chi connectivity index (χ4v) is 2.22. The molecule has 118 valence electrons. The molecule has 1 amide bonds. The number of carbonyl (C=O) groups is 1. The highest BCUT2D eigenvalue weighted by Crippen LogP contribution is 2.21. The molecular weight excluding hydrogens is 288 g/mol. The number of rotatable bonds is 6. The molecule has 0 bridgehead atoms. The maximum atomic E-state index is 11.8. The molecule has 9 nitrogen and oxygen atoms in total. The number of carbonyl (C=O) groups excluding carboxylic acids is 1. The molecule has 0 aromatic carbocycles. The summed E-state index contributed by atoms with van der Waals surface area (Å²) in [6.45, 7) is 5.96. The maximum Gasteiger partial charge on any atom is 0.312 e. The Balaban J connectivity index is 1.87. The second-order valence-corrected chi connectivity index (χ2v) is 5.00. The Morgan fingerprint density at radius 2 is 2.09 bits per heavy atom. The van der Waals surface area contributed by atoms with Gasteiger partial charge in [-0.3, -0.25) is 24.3 Å². The van der Waals surface area contributed by atoms with E-state index in [0.29, 0.717) is 24.5 Å². The minimum atomic E-state index is -0.438. The summed E-state index contributed by atoms with van der Waals surface area (Å²) in [6.07, 6.45) is 1.74. The van der Waals surface area contributed by atoms with Crippen LogP contribution in [0.5, 0.6) is 0 Å². The highest BCUT2D eigenvalue weighted by atomic mass is 16.6. The lowest BCUT2D eigenvalue weighted by Crippen LogP contribution is -2.31. The van der Waals surface area contributed by atoms with Gasteiger partial charge in [0.15, 0.2) is 0 Å². The molecule has 0 fully saturated rings. The average Bonchev–Trinajstić information content (AvgIpc) is 2.93. The van der Waals surface area contributed by atoms with Crippen molar-refractivity contribution in [2.45, 2.75) is 33.9 Å². The molecule has 0 saturated heterocycles. The van der Waals surface area contributed by atoms with E-state index < -0.39 is 4.92 Å². The monoisotopic (exact) mass is 306 g/mol. The first-order valence-corrected chi connectivity index (χ1v) is 6.83. The summed E-state index contributed by atoms with van der Waals surface area (Å²) < 4.78 is 3.09. The largest absolute Gasteiger partial charge is 0.353 e. The Morgan fingerprint density at radius 1 is 1.36 bits per heavy atom. The van der Waals surface area contributed by atoms with Gasteiger partial charge >= 0.3 is 5.69 Å². The number of aromatic nitrogens is 4. The van der Waals surface area contributed by atoms with Crippen molar-refractivity contribution in [3.63, 3.8) is 0 Å². The van der Waals surface area contributed by atoms with E-state index in [2.05, 4.69) is 15.5 Å². The summed E-state index contributed by atoms with van der Waals surface area (Å²) in [5.74, 6) is -0.167. The number of nitrogens with zero attached hydrogens (tertiary/aromatic N) is 5. The molecule has 0 unspecified atom stereocenters. The Bertz CT molecular complexity index is 703. The van der Waals surface area contributed by atoms with Crippen LogP contribution in [0.4, 0.5) is 5.69 Å². The Labute approximate surface area is 127 Å². The van der Waals surface area contributed by atoms with Gasteiger partial charge in [0.25, 0.3) is 0 Å². The molecule has 0 spiro atoms. The predicted molar refractivity (Wildman–Crippen MR) is 78.3 cm³/mol. The predicted octanol–water partition coefficient (Wildman–Crippen LogP) is 0.729. The molecular formula is C13H18N6O3. The van der Waals surface area contributed by atoms with E-state index in [1.165, 1.54) is 4.68 Å². The lowest BCUT2D eigenvalue weighted by atomic mass is 10.3. The Kier molecular flexibility index (Phi) is 4.54. The van der Waals surface area contributed by atoms with Gasteiger partial charge in [-0.2, -0.15) is 10.2 Å². The number of hydrogen-bond donors (Lipinski definition) is 1. The van der Waals surface area contributed by atoms with Crippen LogP contribution < -0.4 is 5.32 Å². The van der Waals surface area contributed by atoms with Crippen LogP contribution in [0.15, 0.2) is 12.3 Å². The van der Waals surface area contributed by atoms with Crippen molar-refractivity contribution in [2.75, 3.05) is 6.54 Å². The van der Waals surface area contributed by atoms with Crippen molar-refractivity contribution in [3.05, 3.63) is 39.5 Å². The average molecular weight is 306 g/mol. The molecule has 22 heavy (non-hydrogen) atoms. The number of nitro groups is 1. The fourth-order valence-electron chi connectivity index (χ4n) is 2.22. The SMILES string of the molecule is Cc1ccn(CC(=O)NCCn2nc(C)c([N+](=O)[O-])c2C)n1. The van der Waals surface area contributed by atoms with Gasteiger partial charge in [0.05, 0.1) is 17.2 Å². The van der Waals surface area contributed by atoms with E-state index in [4.69, 9.17) is 0 Å². The minimum absolute atomic E-state index is 0.0262. The highest BCUT2D eigenvalue weighted by Gasteiger charge is 2.21. The van der Waals surface area contributed by atoms with Crippen LogP contribution in [0.1, 0.15) is 17.1 Å². The summed E-state index contributed by atoms with van der Waals surface area (Å²) in [6, 6.07) is 1.82. The first kappa shape index (κ1) is 15.7. The van der Waals surface area contributed by atoms with Gasteiger partial charge in [0.2, 0.25) is 5.91 Å². The highest BCUT2D eigenvalue weighted by molar-refractivity contribution is 5.75. The molecule has 1 N–H and O–H groups in total. The molecule has 2 rings (SSSR count). The second kappa shape index (κ2) is 6.37. The number of aryl methyl sites for hydroxylation is 2. The summed E-state index contributed by atoms with van der Waals surface area (Å²) in [5, 5.41) is 21.9. The maximum absolute atomic E-state index is 11.8. The lowest BCUT2D eigenvalue weighted by molar-refractivity contribution is -0.386. The van der Waals surface area contributed by atoms with Crippen molar-refractivity contribution in [3.8, 4) is 0 Å².